The zero-order valence-electron chi connectivity index (χ0n) is 16.1. The van der Waals surface area contributed by atoms with Gasteiger partial charge in [0, 0.05) is 36.2 Å². The molecule has 30 heavy (non-hydrogen) atoms. The van der Waals surface area contributed by atoms with E-state index in [0.717, 1.165) is 22.4 Å². The van der Waals surface area contributed by atoms with E-state index < -0.39 is 10.9 Å². The average molecular weight is 402 g/mol. The van der Waals surface area contributed by atoms with Gasteiger partial charge in [-0.25, -0.2) is 4.79 Å². The van der Waals surface area contributed by atoms with E-state index in [4.69, 9.17) is 9.47 Å². The highest BCUT2D eigenvalue weighted by molar-refractivity contribution is 5.86. The maximum absolute atomic E-state index is 12.1. The van der Waals surface area contributed by atoms with Gasteiger partial charge >= 0.3 is 5.97 Å². The summed E-state index contributed by atoms with van der Waals surface area (Å²) in [6.07, 6.45) is 8.07. The summed E-state index contributed by atoms with van der Waals surface area (Å²) in [5.41, 5.74) is 2.60. The number of esters is 1. The number of benzene rings is 2. The molecule has 0 unspecified atom stereocenters. The number of allylic oxidation sites excluding steroid dienone is 2. The number of methoxy groups -OCH3 is 1. The van der Waals surface area contributed by atoms with Crippen molar-refractivity contribution in [2.75, 3.05) is 7.11 Å². The molecule has 0 aliphatic heterocycles. The van der Waals surface area contributed by atoms with Gasteiger partial charge in [-0.3, -0.25) is 15.1 Å². The Morgan fingerprint density at radius 2 is 1.70 bits per heavy atom. The first kappa shape index (κ1) is 20.5. The number of pyridine rings is 1. The molecule has 0 atom stereocenters. The summed E-state index contributed by atoms with van der Waals surface area (Å²) in [4.78, 5) is 26.4. The SMILES string of the molecule is COc1ccc(/C(=C/C=C/C(=O)Oc2ccc([N+](=O)[O-])cc2)c2cccnc2)cc1. The van der Waals surface area contributed by atoms with Crippen molar-refractivity contribution in [2.45, 2.75) is 0 Å². The first-order valence-electron chi connectivity index (χ1n) is 8.96. The molecular formula is C23H18N2O5. The zero-order valence-corrected chi connectivity index (χ0v) is 16.1. The van der Waals surface area contributed by atoms with Gasteiger partial charge in [-0.2, -0.15) is 0 Å². The molecule has 0 aliphatic rings. The van der Waals surface area contributed by atoms with Crippen molar-refractivity contribution in [2.24, 2.45) is 0 Å². The molecule has 2 aromatic carbocycles. The Kier molecular flexibility index (Phi) is 6.68. The van der Waals surface area contributed by atoms with Gasteiger partial charge in [0.1, 0.15) is 11.5 Å². The highest BCUT2D eigenvalue weighted by Gasteiger charge is 2.07. The maximum Gasteiger partial charge on any atom is 0.336 e. The first-order valence-corrected chi connectivity index (χ1v) is 8.96. The molecule has 1 aromatic heterocycles. The Labute approximate surface area is 173 Å². The molecule has 3 rings (SSSR count). The largest absolute Gasteiger partial charge is 0.497 e. The van der Waals surface area contributed by atoms with E-state index in [-0.39, 0.29) is 11.4 Å². The summed E-state index contributed by atoms with van der Waals surface area (Å²) >= 11 is 0. The van der Waals surface area contributed by atoms with Gasteiger partial charge in [-0.1, -0.05) is 30.4 Å². The van der Waals surface area contributed by atoms with Crippen molar-refractivity contribution in [3.8, 4) is 11.5 Å². The number of aromatic nitrogens is 1. The van der Waals surface area contributed by atoms with Crippen molar-refractivity contribution < 1.29 is 19.2 Å². The normalized spacial score (nSPS) is 11.3. The van der Waals surface area contributed by atoms with Crippen LogP contribution < -0.4 is 9.47 Å². The topological polar surface area (TPSA) is 91.6 Å². The molecule has 0 N–H and O–H groups in total. The molecule has 7 nitrogen and oxygen atoms in total. The molecule has 1 heterocycles. The van der Waals surface area contributed by atoms with Gasteiger partial charge in [0.05, 0.1) is 12.0 Å². The van der Waals surface area contributed by atoms with Gasteiger partial charge < -0.3 is 9.47 Å². The van der Waals surface area contributed by atoms with Crippen molar-refractivity contribution in [1.29, 1.82) is 0 Å². The lowest BCUT2D eigenvalue weighted by atomic mass is 9.99. The molecule has 0 saturated heterocycles. The number of rotatable bonds is 7. The summed E-state index contributed by atoms with van der Waals surface area (Å²) in [5, 5.41) is 10.7. The molecule has 150 valence electrons. The lowest BCUT2D eigenvalue weighted by molar-refractivity contribution is -0.384. The Balaban J connectivity index is 1.78. The summed E-state index contributed by atoms with van der Waals surface area (Å²) in [7, 11) is 1.60. The molecule has 0 saturated carbocycles. The monoisotopic (exact) mass is 402 g/mol. The van der Waals surface area contributed by atoms with Crippen LogP contribution in [0.15, 0.2) is 91.3 Å². The van der Waals surface area contributed by atoms with Gasteiger partial charge in [-0.15, -0.1) is 0 Å². The van der Waals surface area contributed by atoms with E-state index in [1.54, 1.807) is 31.7 Å². The van der Waals surface area contributed by atoms with E-state index in [1.807, 2.05) is 36.4 Å². The Morgan fingerprint density at radius 1 is 1.00 bits per heavy atom. The van der Waals surface area contributed by atoms with Crippen LogP contribution in [0, 0.1) is 10.1 Å². The van der Waals surface area contributed by atoms with Gasteiger partial charge in [0.15, 0.2) is 0 Å². The van der Waals surface area contributed by atoms with E-state index in [9.17, 15) is 14.9 Å². The van der Waals surface area contributed by atoms with E-state index in [2.05, 4.69) is 4.98 Å². The minimum atomic E-state index is -0.597. The number of hydrogen-bond acceptors (Lipinski definition) is 6. The Hall–Kier alpha value is -4.26. The van der Waals surface area contributed by atoms with Crippen LogP contribution in [0.1, 0.15) is 11.1 Å². The van der Waals surface area contributed by atoms with Crippen LogP contribution in [0.4, 0.5) is 5.69 Å². The number of carbonyl (C=O) groups is 1. The van der Waals surface area contributed by atoms with Crippen molar-refractivity contribution in [3.05, 3.63) is 113 Å². The van der Waals surface area contributed by atoms with Crippen molar-refractivity contribution in [3.63, 3.8) is 0 Å². The molecule has 3 aromatic rings. The minimum Gasteiger partial charge on any atom is -0.497 e. The van der Waals surface area contributed by atoms with Crippen molar-refractivity contribution in [1.82, 2.24) is 4.98 Å². The number of ether oxygens (including phenoxy) is 2. The average Bonchev–Trinajstić information content (AvgIpc) is 2.78. The molecule has 0 radical (unpaired) electrons. The van der Waals surface area contributed by atoms with Crippen molar-refractivity contribution >= 4 is 17.2 Å². The highest BCUT2D eigenvalue weighted by atomic mass is 16.6. The molecular weight excluding hydrogens is 384 g/mol. The van der Waals surface area contributed by atoms with Crippen LogP contribution in [0.3, 0.4) is 0 Å². The molecule has 0 bridgehead atoms. The maximum atomic E-state index is 12.1. The second kappa shape index (κ2) is 9.79. The van der Waals surface area contributed by atoms with Crippen LogP contribution in [-0.2, 0) is 4.79 Å². The third kappa shape index (κ3) is 5.39. The zero-order chi connectivity index (χ0) is 21.3. The molecule has 0 amide bonds. The summed E-state index contributed by atoms with van der Waals surface area (Å²) in [5.74, 6) is 0.369. The first-order chi connectivity index (χ1) is 14.6. The van der Waals surface area contributed by atoms with Crippen LogP contribution in [-0.4, -0.2) is 23.0 Å². The Morgan fingerprint density at radius 3 is 2.30 bits per heavy atom. The fourth-order valence-corrected chi connectivity index (χ4v) is 2.66. The molecule has 0 fully saturated rings. The molecule has 0 aliphatic carbocycles. The minimum absolute atomic E-state index is 0.0751. The van der Waals surface area contributed by atoms with Gasteiger partial charge in [-0.05, 0) is 41.5 Å². The second-order valence-electron chi connectivity index (χ2n) is 6.08. The van der Waals surface area contributed by atoms with E-state index in [1.165, 1.54) is 30.3 Å². The summed E-state index contributed by atoms with van der Waals surface area (Å²) < 4.78 is 10.4. The third-order valence-corrected chi connectivity index (χ3v) is 4.13. The number of carbonyl (C=O) groups excluding carboxylic acids is 1. The predicted molar refractivity (Wildman–Crippen MR) is 112 cm³/mol. The lowest BCUT2D eigenvalue weighted by Crippen LogP contribution is -2.03. The van der Waals surface area contributed by atoms with Crippen LogP contribution in [0.5, 0.6) is 11.5 Å². The fourth-order valence-electron chi connectivity index (χ4n) is 2.66. The van der Waals surface area contributed by atoms with Gasteiger partial charge in [0.2, 0.25) is 0 Å². The molecule has 7 heteroatoms. The number of nitrogens with zero attached hydrogens (tertiary/aromatic N) is 2. The highest BCUT2D eigenvalue weighted by Crippen LogP contribution is 2.25. The fraction of sp³-hybridized carbons (Fsp3) is 0.0435. The smallest absolute Gasteiger partial charge is 0.336 e. The summed E-state index contributed by atoms with van der Waals surface area (Å²) in [6.45, 7) is 0. The van der Waals surface area contributed by atoms with E-state index >= 15 is 0 Å². The lowest BCUT2D eigenvalue weighted by Gasteiger charge is -2.08. The second-order valence-corrected chi connectivity index (χ2v) is 6.08. The standard InChI is InChI=1S/C23H18N2O5/c1-29-20-11-7-17(8-12-20)22(18-4-3-15-24-16-18)5-2-6-23(26)30-21-13-9-19(10-14-21)25(27)28/h2-16H,1H3/b6-2+,22-5-. The molecule has 0 spiro atoms. The van der Waals surface area contributed by atoms with Gasteiger partial charge in [0.25, 0.3) is 5.69 Å². The Bertz CT molecular complexity index is 1070. The number of nitro groups is 1. The van der Waals surface area contributed by atoms with E-state index in [0.29, 0.717) is 0 Å². The predicted octanol–water partition coefficient (Wildman–Crippen LogP) is 4.59. The quantitative estimate of drug-likeness (QED) is 0.143. The van der Waals surface area contributed by atoms with Crippen LogP contribution in [0.25, 0.3) is 5.57 Å². The van der Waals surface area contributed by atoms with Crippen LogP contribution >= 0.6 is 0 Å². The summed E-state index contributed by atoms with van der Waals surface area (Å²) in [6, 6.07) is 16.6. The number of hydrogen-bond donors (Lipinski definition) is 0. The third-order valence-electron chi connectivity index (χ3n) is 4.13. The van der Waals surface area contributed by atoms with Crippen LogP contribution in [0.2, 0.25) is 0 Å². The number of non-ortho nitro benzene ring substituents is 1. The number of nitro benzene ring substituents is 1.